The van der Waals surface area contributed by atoms with Crippen LogP contribution in [0.5, 0.6) is 0 Å². The smallest absolute Gasteiger partial charge is 0.222 e. The molecular formula is C20H24N2O. The molecule has 2 aromatic rings. The molecule has 1 aliphatic heterocycles. The maximum atomic E-state index is 12.5. The van der Waals surface area contributed by atoms with Crippen LogP contribution in [0.2, 0.25) is 0 Å². The van der Waals surface area contributed by atoms with Crippen molar-refractivity contribution in [1.82, 2.24) is 9.88 Å². The SMILES string of the molecule is O=C(CCc1ccccc1)N1CCC[C@H](Cc2ccccn2)C1. The Morgan fingerprint density at radius 1 is 1.13 bits per heavy atom. The minimum Gasteiger partial charge on any atom is -0.342 e. The van der Waals surface area contributed by atoms with Crippen LogP contribution in [0.3, 0.4) is 0 Å². The Hall–Kier alpha value is -2.16. The highest BCUT2D eigenvalue weighted by Gasteiger charge is 2.23. The Morgan fingerprint density at radius 2 is 1.96 bits per heavy atom. The third-order valence-corrected chi connectivity index (χ3v) is 4.57. The number of aromatic nitrogens is 1. The lowest BCUT2D eigenvalue weighted by atomic mass is 9.93. The zero-order valence-corrected chi connectivity index (χ0v) is 13.5. The molecule has 1 saturated heterocycles. The summed E-state index contributed by atoms with van der Waals surface area (Å²) in [5, 5.41) is 0. The lowest BCUT2D eigenvalue weighted by Gasteiger charge is -2.33. The van der Waals surface area contributed by atoms with Crippen LogP contribution in [0.4, 0.5) is 0 Å². The van der Waals surface area contributed by atoms with Gasteiger partial charge in [0.2, 0.25) is 5.91 Å². The minimum absolute atomic E-state index is 0.291. The van der Waals surface area contributed by atoms with Crippen molar-refractivity contribution in [3.63, 3.8) is 0 Å². The molecule has 1 fully saturated rings. The van der Waals surface area contributed by atoms with Gasteiger partial charge in [0.15, 0.2) is 0 Å². The number of carbonyl (C=O) groups excluding carboxylic acids is 1. The number of hydrogen-bond acceptors (Lipinski definition) is 2. The molecule has 1 atom stereocenters. The van der Waals surface area contributed by atoms with Gasteiger partial charge < -0.3 is 4.90 Å². The molecule has 1 aromatic heterocycles. The van der Waals surface area contributed by atoms with Gasteiger partial charge in [-0.2, -0.15) is 0 Å². The van der Waals surface area contributed by atoms with Gasteiger partial charge in [0.05, 0.1) is 0 Å². The third-order valence-electron chi connectivity index (χ3n) is 4.57. The molecule has 0 aliphatic carbocycles. The number of carbonyl (C=O) groups is 1. The summed E-state index contributed by atoms with van der Waals surface area (Å²) in [5.74, 6) is 0.832. The van der Waals surface area contributed by atoms with E-state index in [1.807, 2.05) is 36.5 Å². The molecule has 1 amide bonds. The van der Waals surface area contributed by atoms with Crippen LogP contribution in [0, 0.1) is 5.92 Å². The van der Waals surface area contributed by atoms with Crippen molar-refractivity contribution in [2.75, 3.05) is 13.1 Å². The normalized spacial score (nSPS) is 17.9. The Bertz CT molecular complexity index is 612. The summed E-state index contributed by atoms with van der Waals surface area (Å²) in [6, 6.07) is 16.3. The van der Waals surface area contributed by atoms with Gasteiger partial charge in [-0.3, -0.25) is 9.78 Å². The van der Waals surface area contributed by atoms with E-state index < -0.39 is 0 Å². The monoisotopic (exact) mass is 308 g/mol. The van der Waals surface area contributed by atoms with E-state index in [0.29, 0.717) is 18.2 Å². The van der Waals surface area contributed by atoms with Crippen LogP contribution in [-0.2, 0) is 17.6 Å². The van der Waals surface area contributed by atoms with Gasteiger partial charge in [0.25, 0.3) is 0 Å². The second kappa shape index (κ2) is 7.91. The average Bonchev–Trinajstić information content (AvgIpc) is 2.62. The molecule has 0 saturated carbocycles. The predicted octanol–water partition coefficient (Wildman–Crippen LogP) is 3.50. The molecule has 0 unspecified atom stereocenters. The maximum absolute atomic E-state index is 12.5. The molecule has 2 heterocycles. The molecule has 1 aliphatic rings. The summed E-state index contributed by atoms with van der Waals surface area (Å²) < 4.78 is 0. The first-order chi connectivity index (χ1) is 11.3. The van der Waals surface area contributed by atoms with Crippen LogP contribution >= 0.6 is 0 Å². The van der Waals surface area contributed by atoms with Crippen LogP contribution in [0.15, 0.2) is 54.7 Å². The number of amides is 1. The van der Waals surface area contributed by atoms with E-state index in [2.05, 4.69) is 28.1 Å². The van der Waals surface area contributed by atoms with Crippen LogP contribution in [0.25, 0.3) is 0 Å². The molecule has 0 bridgehead atoms. The molecule has 120 valence electrons. The molecule has 23 heavy (non-hydrogen) atoms. The summed E-state index contributed by atoms with van der Waals surface area (Å²) in [6.07, 6.45) is 6.57. The van der Waals surface area contributed by atoms with Gasteiger partial charge in [-0.25, -0.2) is 0 Å². The lowest BCUT2D eigenvalue weighted by Crippen LogP contribution is -2.40. The van der Waals surface area contributed by atoms with Crippen LogP contribution < -0.4 is 0 Å². The number of hydrogen-bond donors (Lipinski definition) is 0. The fourth-order valence-corrected chi connectivity index (χ4v) is 3.33. The summed E-state index contributed by atoms with van der Waals surface area (Å²) in [5.41, 5.74) is 2.37. The largest absolute Gasteiger partial charge is 0.342 e. The van der Waals surface area contributed by atoms with E-state index in [1.54, 1.807) is 0 Å². The van der Waals surface area contributed by atoms with Gasteiger partial charge >= 0.3 is 0 Å². The average molecular weight is 308 g/mol. The molecule has 1 aromatic carbocycles. The van der Waals surface area contributed by atoms with Gasteiger partial charge in [-0.15, -0.1) is 0 Å². The predicted molar refractivity (Wildman–Crippen MR) is 92.0 cm³/mol. The van der Waals surface area contributed by atoms with E-state index in [1.165, 1.54) is 12.0 Å². The van der Waals surface area contributed by atoms with E-state index in [9.17, 15) is 4.79 Å². The number of aryl methyl sites for hydroxylation is 1. The van der Waals surface area contributed by atoms with Crippen LogP contribution in [-0.4, -0.2) is 28.9 Å². The van der Waals surface area contributed by atoms with Gasteiger partial charge in [0.1, 0.15) is 0 Å². The zero-order valence-electron chi connectivity index (χ0n) is 13.5. The van der Waals surface area contributed by atoms with E-state index in [-0.39, 0.29) is 0 Å². The first-order valence-electron chi connectivity index (χ1n) is 8.53. The second-order valence-corrected chi connectivity index (χ2v) is 6.36. The molecule has 0 radical (unpaired) electrons. The van der Waals surface area contributed by atoms with Crippen molar-refractivity contribution < 1.29 is 4.79 Å². The number of pyridine rings is 1. The molecule has 0 N–H and O–H groups in total. The Morgan fingerprint density at radius 3 is 2.74 bits per heavy atom. The Labute approximate surface area is 138 Å². The van der Waals surface area contributed by atoms with E-state index >= 15 is 0 Å². The van der Waals surface area contributed by atoms with Crippen molar-refractivity contribution in [3.8, 4) is 0 Å². The Balaban J connectivity index is 1.50. The van der Waals surface area contributed by atoms with Crippen LogP contribution in [0.1, 0.15) is 30.5 Å². The number of rotatable bonds is 5. The lowest BCUT2D eigenvalue weighted by molar-refractivity contribution is -0.133. The van der Waals surface area contributed by atoms with Crippen molar-refractivity contribution in [1.29, 1.82) is 0 Å². The fourth-order valence-electron chi connectivity index (χ4n) is 3.33. The van der Waals surface area contributed by atoms with Crippen molar-refractivity contribution in [3.05, 3.63) is 66.0 Å². The standard InChI is InChI=1S/C20H24N2O/c23-20(12-11-17-7-2-1-3-8-17)22-14-6-9-18(16-22)15-19-10-4-5-13-21-19/h1-5,7-8,10,13,18H,6,9,11-12,14-16H2/t18-/m1/s1. The first-order valence-corrected chi connectivity index (χ1v) is 8.53. The van der Waals surface area contributed by atoms with E-state index in [4.69, 9.17) is 0 Å². The van der Waals surface area contributed by atoms with Crippen molar-refractivity contribution >= 4 is 5.91 Å². The van der Waals surface area contributed by atoms with Gasteiger partial charge in [0, 0.05) is 31.4 Å². The highest BCUT2D eigenvalue weighted by atomic mass is 16.2. The van der Waals surface area contributed by atoms with Crippen molar-refractivity contribution in [2.24, 2.45) is 5.92 Å². The van der Waals surface area contributed by atoms with Gasteiger partial charge in [-0.05, 0) is 49.3 Å². The molecule has 3 heteroatoms. The Kier molecular flexibility index (Phi) is 5.41. The summed E-state index contributed by atoms with van der Waals surface area (Å²) in [6.45, 7) is 1.79. The first kappa shape index (κ1) is 15.7. The quantitative estimate of drug-likeness (QED) is 0.847. The van der Waals surface area contributed by atoms with E-state index in [0.717, 1.165) is 38.0 Å². The summed E-state index contributed by atoms with van der Waals surface area (Å²) >= 11 is 0. The summed E-state index contributed by atoms with van der Waals surface area (Å²) in [4.78, 5) is 19.0. The third kappa shape index (κ3) is 4.65. The molecule has 3 nitrogen and oxygen atoms in total. The zero-order chi connectivity index (χ0) is 15.9. The van der Waals surface area contributed by atoms with Gasteiger partial charge in [-0.1, -0.05) is 36.4 Å². The topological polar surface area (TPSA) is 33.2 Å². The minimum atomic E-state index is 0.291. The number of likely N-dealkylation sites (tertiary alicyclic amines) is 1. The molecule has 0 spiro atoms. The number of nitrogens with zero attached hydrogens (tertiary/aromatic N) is 2. The second-order valence-electron chi connectivity index (χ2n) is 6.36. The molecule has 3 rings (SSSR count). The van der Waals surface area contributed by atoms with Crippen molar-refractivity contribution in [2.45, 2.75) is 32.1 Å². The highest BCUT2D eigenvalue weighted by Crippen LogP contribution is 2.21. The number of piperidine rings is 1. The maximum Gasteiger partial charge on any atom is 0.222 e. The number of benzene rings is 1. The fraction of sp³-hybridized carbons (Fsp3) is 0.400. The molecular weight excluding hydrogens is 284 g/mol. The summed E-state index contributed by atoms with van der Waals surface area (Å²) in [7, 11) is 0. The highest BCUT2D eigenvalue weighted by molar-refractivity contribution is 5.76.